The molecule has 0 aromatic carbocycles. The van der Waals surface area contributed by atoms with Crippen LogP contribution < -0.4 is 11.2 Å². The topological polar surface area (TPSA) is 183 Å². The van der Waals surface area contributed by atoms with Crippen LogP contribution in [0.1, 0.15) is 24.6 Å². The summed E-state index contributed by atoms with van der Waals surface area (Å²) in [4.78, 5) is 48.8. The summed E-state index contributed by atoms with van der Waals surface area (Å²) in [6.07, 6.45) is 11.0. The Kier molecular flexibility index (Phi) is 16.4. The molecular formula is C22H31N2O11PS2. The molecular weight excluding hydrogens is 563 g/mol. The molecule has 16 heteroatoms. The van der Waals surface area contributed by atoms with E-state index in [-0.39, 0.29) is 67.6 Å². The number of aromatic nitrogens is 2. The van der Waals surface area contributed by atoms with E-state index < -0.39 is 31.4 Å². The molecule has 0 amide bonds. The van der Waals surface area contributed by atoms with E-state index in [1.165, 1.54) is 10.8 Å². The van der Waals surface area contributed by atoms with Crippen molar-refractivity contribution in [2.45, 2.75) is 32.1 Å². The predicted octanol–water partition coefficient (Wildman–Crippen LogP) is 0.990. The molecule has 2 atom stereocenters. The second-order valence-corrected chi connectivity index (χ2v) is 11.2. The zero-order chi connectivity index (χ0) is 28.6. The fourth-order valence-corrected chi connectivity index (χ4v) is 5.42. The molecule has 0 radical (unpaired) electrons. The number of phosphoric ester groups is 1. The molecule has 0 fully saturated rings. The third kappa shape index (κ3) is 12.2. The van der Waals surface area contributed by atoms with Gasteiger partial charge in [0.15, 0.2) is 16.5 Å². The summed E-state index contributed by atoms with van der Waals surface area (Å²) >= 11 is 1.80. The van der Waals surface area contributed by atoms with Crippen molar-refractivity contribution < 1.29 is 42.7 Å². The second-order valence-electron chi connectivity index (χ2n) is 7.23. The second kappa shape index (κ2) is 18.3. The molecule has 1 aromatic heterocycles. The molecule has 0 bridgehead atoms. The van der Waals surface area contributed by atoms with E-state index >= 15 is 0 Å². The van der Waals surface area contributed by atoms with E-state index in [1.54, 1.807) is 19.1 Å². The van der Waals surface area contributed by atoms with Gasteiger partial charge in [-0.1, -0.05) is 29.6 Å². The number of rotatable bonds is 16. The lowest BCUT2D eigenvalue weighted by Crippen LogP contribution is -2.33. The van der Waals surface area contributed by atoms with Crippen LogP contribution in [0.4, 0.5) is 0 Å². The maximum absolute atomic E-state index is 13.1. The molecule has 0 saturated carbocycles. The molecule has 2 rings (SSSR count). The summed E-state index contributed by atoms with van der Waals surface area (Å²) in [7, 11) is -4.12. The van der Waals surface area contributed by atoms with Gasteiger partial charge in [-0.25, -0.2) is 9.36 Å². The van der Waals surface area contributed by atoms with Gasteiger partial charge in [-0.05, 0) is 13.0 Å². The zero-order valence-electron chi connectivity index (χ0n) is 20.7. The number of nitrogens with one attached hydrogen (secondary N) is 1. The minimum absolute atomic E-state index is 0.0150. The first-order valence-electron chi connectivity index (χ1n) is 11.2. The first-order chi connectivity index (χ1) is 18.2. The Hall–Kier alpha value is -1.99. The maximum atomic E-state index is 13.1. The summed E-state index contributed by atoms with van der Waals surface area (Å²) in [6, 6.07) is 0. The Morgan fingerprint density at radius 3 is 2.13 bits per heavy atom. The molecule has 1 aromatic rings. The van der Waals surface area contributed by atoms with Gasteiger partial charge in [0.25, 0.3) is 5.56 Å². The number of aryl methyl sites for hydroxylation is 1. The lowest BCUT2D eigenvalue weighted by molar-refractivity contribution is -0.112. The number of ether oxygens (including phenoxy) is 1. The van der Waals surface area contributed by atoms with Crippen molar-refractivity contribution >= 4 is 41.6 Å². The summed E-state index contributed by atoms with van der Waals surface area (Å²) in [5, 5.41) is 17.1. The van der Waals surface area contributed by atoms with Gasteiger partial charge in [0.1, 0.15) is 6.10 Å². The minimum atomic E-state index is -4.12. The number of hydrogen-bond acceptors (Lipinski definition) is 13. The molecule has 13 nitrogen and oxygen atoms in total. The fourth-order valence-electron chi connectivity index (χ4n) is 2.73. The number of carbonyl (C=O) groups excluding carboxylic acids is 2. The van der Waals surface area contributed by atoms with Crippen molar-refractivity contribution in [3.63, 3.8) is 0 Å². The molecule has 0 aliphatic carbocycles. The number of H-pyrrole nitrogens is 1. The van der Waals surface area contributed by atoms with Gasteiger partial charge in [-0.3, -0.25) is 37.5 Å². The van der Waals surface area contributed by atoms with Crippen LogP contribution in [0.5, 0.6) is 0 Å². The Balaban J connectivity index is 0.00000352. The molecule has 0 saturated heterocycles. The molecule has 2 heterocycles. The third-order valence-corrected chi connectivity index (χ3v) is 7.70. The number of thioether (sulfide) groups is 2. The number of carbonyl (C=O) groups is 2. The Bertz CT molecular complexity index is 1090. The van der Waals surface area contributed by atoms with E-state index in [9.17, 15) is 23.7 Å². The Labute approximate surface area is 227 Å². The van der Waals surface area contributed by atoms with Crippen molar-refractivity contribution in [2.75, 3.05) is 44.5 Å². The van der Waals surface area contributed by atoms with Gasteiger partial charge in [0, 0.05) is 36.1 Å². The Morgan fingerprint density at radius 1 is 1.05 bits per heavy atom. The Morgan fingerprint density at radius 2 is 1.61 bits per heavy atom. The number of aromatic amines is 1. The van der Waals surface area contributed by atoms with Crippen LogP contribution in [0.25, 0.3) is 0 Å². The zero-order valence-corrected chi connectivity index (χ0v) is 23.2. The lowest BCUT2D eigenvalue weighted by Gasteiger charge is -2.20. The standard InChI is InChI=1S/C20H29N2O11PS2.C2H2/c1-14-12-22(20(28)21-19(14)27)16-3-2-15(33-16)13-32-34(29,30-8-10-35-17(25)4-6-23)31-9-11-36-18(26)5-7-24;1-2/h2-3,12,15-16,23-24H,4-11,13H2,1H3,(H,21,27,28);1-2H/t15-,16?;/m0./s1. The van der Waals surface area contributed by atoms with Crippen LogP contribution in [0.2, 0.25) is 0 Å². The molecule has 1 aliphatic heterocycles. The maximum Gasteiger partial charge on any atom is 0.474 e. The average molecular weight is 595 g/mol. The lowest BCUT2D eigenvalue weighted by atomic mass is 10.3. The highest BCUT2D eigenvalue weighted by Crippen LogP contribution is 2.50. The van der Waals surface area contributed by atoms with Crippen LogP contribution in [0, 0.1) is 19.8 Å². The van der Waals surface area contributed by atoms with Crippen LogP contribution in [-0.4, -0.2) is 80.6 Å². The van der Waals surface area contributed by atoms with Crippen LogP contribution >= 0.6 is 31.3 Å². The summed E-state index contributed by atoms with van der Waals surface area (Å²) in [6.45, 7) is 0.450. The number of hydrogen-bond donors (Lipinski definition) is 3. The SMILES string of the molecule is C#C.Cc1cn(C2C=C[C@@H](COP(=O)(OCCSC(=O)CCO)OCCSC(=O)CCO)O2)c(=O)[nH]c1=O. The van der Waals surface area contributed by atoms with Crippen molar-refractivity contribution in [2.24, 2.45) is 0 Å². The predicted molar refractivity (Wildman–Crippen MR) is 143 cm³/mol. The number of nitrogens with zero attached hydrogens (tertiary/aromatic N) is 1. The van der Waals surface area contributed by atoms with Gasteiger partial charge in [-0.2, -0.15) is 0 Å². The smallest absolute Gasteiger partial charge is 0.396 e. The highest BCUT2D eigenvalue weighted by molar-refractivity contribution is 8.13. The molecule has 1 aliphatic rings. The van der Waals surface area contributed by atoms with Crippen molar-refractivity contribution in [1.82, 2.24) is 9.55 Å². The molecule has 0 spiro atoms. The van der Waals surface area contributed by atoms with E-state index in [0.717, 1.165) is 23.5 Å². The average Bonchev–Trinajstić information content (AvgIpc) is 3.36. The molecule has 38 heavy (non-hydrogen) atoms. The largest absolute Gasteiger partial charge is 0.474 e. The van der Waals surface area contributed by atoms with Gasteiger partial charge < -0.3 is 14.9 Å². The molecule has 3 N–H and O–H groups in total. The summed E-state index contributed by atoms with van der Waals surface area (Å²) in [5.41, 5.74) is -0.829. The van der Waals surface area contributed by atoms with Crippen LogP contribution in [0.15, 0.2) is 27.9 Å². The van der Waals surface area contributed by atoms with Crippen LogP contribution in [0.3, 0.4) is 0 Å². The molecule has 1 unspecified atom stereocenters. The van der Waals surface area contributed by atoms with Gasteiger partial charge in [0.2, 0.25) is 0 Å². The van der Waals surface area contributed by atoms with Crippen LogP contribution in [-0.2, 0) is 32.5 Å². The van der Waals surface area contributed by atoms with Gasteiger partial charge in [0.05, 0.1) is 33.0 Å². The number of terminal acetylenes is 1. The van der Waals surface area contributed by atoms with E-state index in [2.05, 4.69) is 17.8 Å². The third-order valence-electron chi connectivity index (χ3n) is 4.44. The summed E-state index contributed by atoms with van der Waals surface area (Å²) < 4.78 is 36.0. The minimum Gasteiger partial charge on any atom is -0.396 e. The monoisotopic (exact) mass is 594 g/mol. The fraction of sp³-hybridized carbons (Fsp3) is 0.545. The van der Waals surface area contributed by atoms with Crippen molar-refractivity contribution in [1.29, 1.82) is 0 Å². The van der Waals surface area contributed by atoms with E-state index in [4.69, 9.17) is 28.5 Å². The first kappa shape index (κ1) is 34.0. The van der Waals surface area contributed by atoms with E-state index in [0.29, 0.717) is 5.56 Å². The summed E-state index contributed by atoms with van der Waals surface area (Å²) in [5.74, 6) is 0.297. The normalized spacial score (nSPS) is 16.7. The van der Waals surface area contributed by atoms with Crippen molar-refractivity contribution in [3.8, 4) is 12.8 Å². The van der Waals surface area contributed by atoms with Crippen molar-refractivity contribution in [3.05, 3.63) is 44.8 Å². The first-order valence-corrected chi connectivity index (χ1v) is 14.7. The number of aliphatic hydroxyl groups excluding tert-OH is 2. The quantitative estimate of drug-likeness (QED) is 0.107. The number of aliphatic hydroxyl groups is 2. The highest BCUT2D eigenvalue weighted by atomic mass is 32.2. The number of phosphoric acid groups is 1. The van der Waals surface area contributed by atoms with E-state index in [1.807, 2.05) is 0 Å². The molecule has 212 valence electrons. The highest BCUT2D eigenvalue weighted by Gasteiger charge is 2.30. The van der Waals surface area contributed by atoms with Gasteiger partial charge >= 0.3 is 13.5 Å². The van der Waals surface area contributed by atoms with Gasteiger partial charge in [-0.15, -0.1) is 12.8 Å².